The first-order valence-electron chi connectivity index (χ1n) is 4.22. The molecule has 0 saturated carbocycles. The van der Waals surface area contributed by atoms with E-state index in [4.69, 9.17) is 10.5 Å². The SMILES string of the molecule is Cc1nn(C)c(SC2COC2)c1N. The monoisotopic (exact) mass is 199 g/mol. The van der Waals surface area contributed by atoms with Crippen LogP contribution in [0.15, 0.2) is 5.03 Å². The van der Waals surface area contributed by atoms with Gasteiger partial charge in [0.25, 0.3) is 0 Å². The summed E-state index contributed by atoms with van der Waals surface area (Å²) in [6, 6.07) is 0. The predicted octanol–water partition coefficient (Wildman–Crippen LogP) is 0.802. The molecule has 0 amide bonds. The molecule has 4 nitrogen and oxygen atoms in total. The topological polar surface area (TPSA) is 53.1 Å². The first kappa shape index (κ1) is 8.90. The van der Waals surface area contributed by atoms with E-state index in [2.05, 4.69) is 5.10 Å². The van der Waals surface area contributed by atoms with Gasteiger partial charge in [0, 0.05) is 7.05 Å². The van der Waals surface area contributed by atoms with Crippen LogP contribution in [0.5, 0.6) is 0 Å². The van der Waals surface area contributed by atoms with Crippen molar-refractivity contribution < 1.29 is 4.74 Å². The summed E-state index contributed by atoms with van der Waals surface area (Å²) in [7, 11) is 1.92. The van der Waals surface area contributed by atoms with Gasteiger partial charge in [-0.3, -0.25) is 4.68 Å². The van der Waals surface area contributed by atoms with E-state index >= 15 is 0 Å². The summed E-state index contributed by atoms with van der Waals surface area (Å²) in [5, 5.41) is 5.87. The van der Waals surface area contributed by atoms with Gasteiger partial charge >= 0.3 is 0 Å². The molecule has 1 aliphatic rings. The third-order valence-electron chi connectivity index (χ3n) is 2.10. The molecule has 2 rings (SSSR count). The first-order chi connectivity index (χ1) is 6.18. The van der Waals surface area contributed by atoms with E-state index in [0.29, 0.717) is 5.25 Å². The number of thioether (sulfide) groups is 1. The van der Waals surface area contributed by atoms with Gasteiger partial charge in [-0.1, -0.05) is 11.8 Å². The van der Waals surface area contributed by atoms with Crippen LogP contribution in [0, 0.1) is 6.92 Å². The van der Waals surface area contributed by atoms with E-state index in [1.165, 1.54) is 0 Å². The van der Waals surface area contributed by atoms with Crippen LogP contribution in [0.3, 0.4) is 0 Å². The zero-order chi connectivity index (χ0) is 9.42. The Balaban J connectivity index is 2.17. The Hall–Kier alpha value is -0.680. The van der Waals surface area contributed by atoms with Crippen LogP contribution in [0.4, 0.5) is 5.69 Å². The lowest BCUT2D eigenvalue weighted by Gasteiger charge is -2.25. The van der Waals surface area contributed by atoms with Gasteiger partial charge < -0.3 is 10.5 Å². The number of nitrogens with zero attached hydrogens (tertiary/aromatic N) is 2. The number of aromatic nitrogens is 2. The molecule has 0 spiro atoms. The number of rotatable bonds is 2. The lowest BCUT2D eigenvalue weighted by Crippen LogP contribution is -2.30. The van der Waals surface area contributed by atoms with Crippen molar-refractivity contribution in [2.45, 2.75) is 17.2 Å². The smallest absolute Gasteiger partial charge is 0.117 e. The van der Waals surface area contributed by atoms with Crippen LogP contribution >= 0.6 is 11.8 Å². The van der Waals surface area contributed by atoms with E-state index in [-0.39, 0.29) is 0 Å². The zero-order valence-electron chi connectivity index (χ0n) is 7.78. The largest absolute Gasteiger partial charge is 0.395 e. The lowest BCUT2D eigenvalue weighted by atomic mass is 10.4. The number of nitrogen functional groups attached to an aromatic ring is 1. The van der Waals surface area contributed by atoms with Crippen molar-refractivity contribution in [2.24, 2.45) is 7.05 Å². The van der Waals surface area contributed by atoms with Crippen LogP contribution < -0.4 is 5.73 Å². The number of aryl methyl sites for hydroxylation is 2. The van der Waals surface area contributed by atoms with E-state index < -0.39 is 0 Å². The van der Waals surface area contributed by atoms with Crippen molar-refractivity contribution >= 4 is 17.4 Å². The lowest BCUT2D eigenvalue weighted by molar-refractivity contribution is 0.0454. The van der Waals surface area contributed by atoms with Crippen LogP contribution in [0.1, 0.15) is 5.69 Å². The fraction of sp³-hybridized carbons (Fsp3) is 0.625. The molecule has 0 aromatic carbocycles. The van der Waals surface area contributed by atoms with Gasteiger partial charge in [0.05, 0.1) is 29.8 Å². The second kappa shape index (κ2) is 3.23. The maximum absolute atomic E-state index is 5.89. The normalized spacial score (nSPS) is 17.4. The summed E-state index contributed by atoms with van der Waals surface area (Å²) < 4.78 is 6.94. The maximum Gasteiger partial charge on any atom is 0.117 e. The standard InChI is InChI=1S/C8H13N3OS/c1-5-7(9)8(11(2)10-5)13-6-3-12-4-6/h6H,3-4,9H2,1-2H3. The Morgan fingerprint density at radius 2 is 2.31 bits per heavy atom. The molecule has 1 aromatic heterocycles. The molecule has 1 aliphatic heterocycles. The van der Waals surface area contributed by atoms with E-state index in [0.717, 1.165) is 29.6 Å². The fourth-order valence-corrected chi connectivity index (χ4v) is 2.35. The molecule has 0 atom stereocenters. The van der Waals surface area contributed by atoms with Crippen LogP contribution in [-0.4, -0.2) is 28.2 Å². The van der Waals surface area contributed by atoms with E-state index in [9.17, 15) is 0 Å². The molecule has 13 heavy (non-hydrogen) atoms. The zero-order valence-corrected chi connectivity index (χ0v) is 8.60. The minimum Gasteiger partial charge on any atom is -0.395 e. The molecule has 1 fully saturated rings. The minimum absolute atomic E-state index is 0.553. The Bertz CT molecular complexity index is 319. The van der Waals surface area contributed by atoms with Gasteiger partial charge in [-0.2, -0.15) is 5.10 Å². The molecule has 0 aliphatic carbocycles. The van der Waals surface area contributed by atoms with Gasteiger partial charge in [-0.05, 0) is 6.92 Å². The molecule has 0 unspecified atom stereocenters. The van der Waals surface area contributed by atoms with Crippen LogP contribution in [-0.2, 0) is 11.8 Å². The molecule has 1 aromatic rings. The van der Waals surface area contributed by atoms with Crippen molar-refractivity contribution in [3.8, 4) is 0 Å². The molecular formula is C8H13N3OS. The fourth-order valence-electron chi connectivity index (χ4n) is 1.23. The molecule has 2 N–H and O–H groups in total. The Morgan fingerprint density at radius 1 is 1.62 bits per heavy atom. The highest BCUT2D eigenvalue weighted by atomic mass is 32.2. The molecule has 0 bridgehead atoms. The summed E-state index contributed by atoms with van der Waals surface area (Å²) in [6.07, 6.45) is 0. The second-order valence-corrected chi connectivity index (χ2v) is 4.49. The highest BCUT2D eigenvalue weighted by Crippen LogP contribution is 2.32. The molecular weight excluding hydrogens is 186 g/mol. The predicted molar refractivity (Wildman–Crippen MR) is 52.8 cm³/mol. The molecule has 2 heterocycles. The van der Waals surface area contributed by atoms with Crippen molar-refractivity contribution in [1.29, 1.82) is 0 Å². The average molecular weight is 199 g/mol. The second-order valence-electron chi connectivity index (χ2n) is 3.21. The van der Waals surface area contributed by atoms with Gasteiger partial charge in [-0.25, -0.2) is 0 Å². The van der Waals surface area contributed by atoms with Crippen molar-refractivity contribution in [3.05, 3.63) is 5.69 Å². The Kier molecular flexibility index (Phi) is 2.21. The molecule has 1 saturated heterocycles. The highest BCUT2D eigenvalue weighted by Gasteiger charge is 2.23. The Morgan fingerprint density at radius 3 is 2.69 bits per heavy atom. The number of hydrogen-bond donors (Lipinski definition) is 1. The average Bonchev–Trinajstić information content (AvgIpc) is 2.21. The quantitative estimate of drug-likeness (QED) is 0.765. The van der Waals surface area contributed by atoms with Crippen LogP contribution in [0.2, 0.25) is 0 Å². The summed E-state index contributed by atoms with van der Waals surface area (Å²) in [5.41, 5.74) is 7.60. The van der Waals surface area contributed by atoms with Gasteiger partial charge in [0.2, 0.25) is 0 Å². The minimum atomic E-state index is 0.553. The van der Waals surface area contributed by atoms with Crippen molar-refractivity contribution in [1.82, 2.24) is 9.78 Å². The number of nitrogens with two attached hydrogens (primary N) is 1. The number of anilines is 1. The van der Waals surface area contributed by atoms with Gasteiger partial charge in [-0.15, -0.1) is 0 Å². The van der Waals surface area contributed by atoms with Crippen LogP contribution in [0.25, 0.3) is 0 Å². The maximum atomic E-state index is 5.89. The molecule has 5 heteroatoms. The summed E-state index contributed by atoms with van der Waals surface area (Å²) in [4.78, 5) is 0. The summed E-state index contributed by atoms with van der Waals surface area (Å²) >= 11 is 1.75. The molecule has 0 radical (unpaired) electrons. The summed E-state index contributed by atoms with van der Waals surface area (Å²) in [5.74, 6) is 0. The van der Waals surface area contributed by atoms with Crippen molar-refractivity contribution in [3.63, 3.8) is 0 Å². The van der Waals surface area contributed by atoms with E-state index in [1.54, 1.807) is 11.8 Å². The van der Waals surface area contributed by atoms with Gasteiger partial charge in [0.15, 0.2) is 0 Å². The Labute approximate surface area is 81.4 Å². The number of ether oxygens (including phenoxy) is 1. The van der Waals surface area contributed by atoms with Gasteiger partial charge in [0.1, 0.15) is 5.03 Å². The van der Waals surface area contributed by atoms with E-state index in [1.807, 2.05) is 18.7 Å². The summed E-state index contributed by atoms with van der Waals surface area (Å²) in [6.45, 7) is 3.58. The molecule has 72 valence electrons. The third kappa shape index (κ3) is 1.53. The first-order valence-corrected chi connectivity index (χ1v) is 5.10. The highest BCUT2D eigenvalue weighted by molar-refractivity contribution is 8.00. The number of hydrogen-bond acceptors (Lipinski definition) is 4. The third-order valence-corrected chi connectivity index (χ3v) is 3.41. The van der Waals surface area contributed by atoms with Crippen molar-refractivity contribution in [2.75, 3.05) is 18.9 Å².